The summed E-state index contributed by atoms with van der Waals surface area (Å²) in [6.07, 6.45) is 8.71. The lowest BCUT2D eigenvalue weighted by Gasteiger charge is -2.35. The van der Waals surface area contributed by atoms with Crippen molar-refractivity contribution < 1.29 is 0 Å². The number of nitrogens with zero attached hydrogens (tertiary/aromatic N) is 2. The first-order valence-corrected chi connectivity index (χ1v) is 7.57. The number of rotatable bonds is 3. The van der Waals surface area contributed by atoms with E-state index in [0.29, 0.717) is 0 Å². The third kappa shape index (κ3) is 2.04. The van der Waals surface area contributed by atoms with Crippen molar-refractivity contribution in [3.8, 4) is 0 Å². The highest BCUT2D eigenvalue weighted by molar-refractivity contribution is 7.18. The molecule has 2 aromatic rings. The molecule has 0 spiro atoms. The zero-order chi connectivity index (χ0) is 12.4. The summed E-state index contributed by atoms with van der Waals surface area (Å²) in [6, 6.07) is 2.08. The van der Waals surface area contributed by atoms with Crippen LogP contribution in [0.25, 0.3) is 10.2 Å². The Hall–Kier alpha value is -1.00. The zero-order valence-corrected chi connectivity index (χ0v) is 11.6. The molecule has 0 saturated carbocycles. The Morgan fingerprint density at radius 3 is 3.17 bits per heavy atom. The van der Waals surface area contributed by atoms with Crippen molar-refractivity contribution in [1.82, 2.24) is 15.3 Å². The van der Waals surface area contributed by atoms with Crippen molar-refractivity contribution in [1.29, 1.82) is 0 Å². The fourth-order valence-corrected chi connectivity index (χ4v) is 4.13. The van der Waals surface area contributed by atoms with Crippen molar-refractivity contribution >= 4 is 21.6 Å². The van der Waals surface area contributed by atoms with Gasteiger partial charge < -0.3 is 5.32 Å². The van der Waals surface area contributed by atoms with Gasteiger partial charge in [0, 0.05) is 18.2 Å². The van der Waals surface area contributed by atoms with Crippen molar-refractivity contribution in [2.24, 2.45) is 0 Å². The minimum absolute atomic E-state index is 0.261. The van der Waals surface area contributed by atoms with Gasteiger partial charge in [0.1, 0.15) is 5.01 Å². The molecule has 1 fully saturated rings. The summed E-state index contributed by atoms with van der Waals surface area (Å²) in [5, 5.41) is 4.86. The smallest absolute Gasteiger partial charge is 0.101 e. The number of hydrogen-bond acceptors (Lipinski definition) is 4. The Morgan fingerprint density at radius 2 is 2.44 bits per heavy atom. The Bertz CT molecular complexity index is 490. The molecular formula is C14H19N3S. The number of aromatic nitrogens is 2. The van der Waals surface area contributed by atoms with Crippen molar-refractivity contribution in [2.75, 3.05) is 13.1 Å². The highest BCUT2D eigenvalue weighted by atomic mass is 32.1. The lowest BCUT2D eigenvalue weighted by Crippen LogP contribution is -2.43. The van der Waals surface area contributed by atoms with Crippen molar-refractivity contribution in [3.63, 3.8) is 0 Å². The molecule has 1 N–H and O–H groups in total. The molecule has 0 amide bonds. The molecule has 18 heavy (non-hydrogen) atoms. The first-order chi connectivity index (χ1) is 8.84. The Balaban J connectivity index is 2.03. The van der Waals surface area contributed by atoms with Crippen molar-refractivity contribution in [2.45, 2.75) is 38.0 Å². The quantitative estimate of drug-likeness (QED) is 0.922. The predicted octanol–water partition coefficient (Wildman–Crippen LogP) is 3.11. The van der Waals surface area contributed by atoms with Crippen LogP contribution in [0.3, 0.4) is 0 Å². The Kier molecular flexibility index (Phi) is 3.31. The highest BCUT2D eigenvalue weighted by Gasteiger charge is 2.35. The second kappa shape index (κ2) is 4.94. The molecule has 4 heteroatoms. The third-order valence-electron chi connectivity index (χ3n) is 3.84. The van der Waals surface area contributed by atoms with Crippen LogP contribution >= 0.6 is 11.3 Å². The van der Waals surface area contributed by atoms with E-state index in [1.807, 2.05) is 23.7 Å². The van der Waals surface area contributed by atoms with E-state index in [-0.39, 0.29) is 5.41 Å². The summed E-state index contributed by atoms with van der Waals surface area (Å²) in [5.41, 5.74) is 1.31. The monoisotopic (exact) mass is 261 g/mol. The van der Waals surface area contributed by atoms with Crippen LogP contribution < -0.4 is 5.32 Å². The van der Waals surface area contributed by atoms with Gasteiger partial charge in [0.05, 0.1) is 16.4 Å². The Morgan fingerprint density at radius 1 is 1.50 bits per heavy atom. The summed E-state index contributed by atoms with van der Waals surface area (Å²) in [7, 11) is 0. The third-order valence-corrected chi connectivity index (χ3v) is 5.13. The molecule has 2 aromatic heterocycles. The van der Waals surface area contributed by atoms with E-state index >= 15 is 0 Å². The molecule has 3 rings (SSSR count). The molecule has 96 valence electrons. The first-order valence-electron chi connectivity index (χ1n) is 6.76. The minimum Gasteiger partial charge on any atom is -0.316 e. The number of thiazole rings is 1. The standard InChI is InChI=1S/C14H19N3S/c1-2-5-14(6-3-7-16-10-14)13-17-11-9-15-8-4-12(11)18-13/h4,8-9,16H,2-3,5-7,10H2,1H3. The second-order valence-electron chi connectivity index (χ2n) is 5.17. The SMILES string of the molecule is CCCC1(c2nc3cnccc3s2)CCCNC1. The fourth-order valence-electron chi connectivity index (χ4n) is 2.96. The maximum atomic E-state index is 4.84. The maximum Gasteiger partial charge on any atom is 0.101 e. The van der Waals surface area contributed by atoms with Crippen LogP contribution in [0.5, 0.6) is 0 Å². The number of fused-ring (bicyclic) bond motifs is 1. The van der Waals surface area contributed by atoms with E-state index in [4.69, 9.17) is 4.98 Å². The normalized spacial score (nSPS) is 24.5. The van der Waals surface area contributed by atoms with E-state index in [0.717, 1.165) is 18.6 Å². The second-order valence-corrected chi connectivity index (χ2v) is 6.20. The van der Waals surface area contributed by atoms with Gasteiger partial charge in [-0.2, -0.15) is 0 Å². The van der Waals surface area contributed by atoms with Crippen LogP contribution in [0, 0.1) is 0 Å². The van der Waals surface area contributed by atoms with Crippen LogP contribution in [0.1, 0.15) is 37.6 Å². The molecule has 1 aliphatic heterocycles. The average molecular weight is 261 g/mol. The summed E-state index contributed by atoms with van der Waals surface area (Å²) >= 11 is 1.85. The van der Waals surface area contributed by atoms with Gasteiger partial charge in [-0.3, -0.25) is 4.98 Å². The van der Waals surface area contributed by atoms with Crippen LogP contribution in [0.15, 0.2) is 18.5 Å². The summed E-state index contributed by atoms with van der Waals surface area (Å²) in [6.45, 7) is 4.50. The van der Waals surface area contributed by atoms with Gasteiger partial charge in [-0.15, -0.1) is 11.3 Å². The van der Waals surface area contributed by atoms with Gasteiger partial charge in [-0.05, 0) is 31.9 Å². The van der Waals surface area contributed by atoms with E-state index in [1.165, 1.54) is 35.4 Å². The topological polar surface area (TPSA) is 37.8 Å². The van der Waals surface area contributed by atoms with Gasteiger partial charge in [-0.25, -0.2) is 4.98 Å². The van der Waals surface area contributed by atoms with Crippen molar-refractivity contribution in [3.05, 3.63) is 23.5 Å². The summed E-state index contributed by atoms with van der Waals surface area (Å²) in [5.74, 6) is 0. The van der Waals surface area contributed by atoms with Crippen LogP contribution in [0.2, 0.25) is 0 Å². The first kappa shape index (κ1) is 12.1. The maximum absolute atomic E-state index is 4.84. The van der Waals surface area contributed by atoms with E-state index in [9.17, 15) is 0 Å². The molecule has 0 bridgehead atoms. The molecule has 3 nitrogen and oxygen atoms in total. The molecule has 1 atom stereocenters. The number of piperidine rings is 1. The average Bonchev–Trinajstić information content (AvgIpc) is 2.84. The molecule has 0 aromatic carbocycles. The number of hydrogen-bond donors (Lipinski definition) is 1. The molecule has 0 radical (unpaired) electrons. The summed E-state index contributed by atoms with van der Waals surface area (Å²) < 4.78 is 1.26. The molecule has 1 unspecified atom stereocenters. The Labute approximate surface area is 112 Å². The van der Waals surface area contributed by atoms with Crippen LogP contribution in [-0.4, -0.2) is 23.1 Å². The van der Waals surface area contributed by atoms with E-state index in [1.54, 1.807) is 0 Å². The zero-order valence-electron chi connectivity index (χ0n) is 10.8. The van der Waals surface area contributed by atoms with Crippen LogP contribution in [-0.2, 0) is 5.41 Å². The van der Waals surface area contributed by atoms with Gasteiger partial charge in [0.15, 0.2) is 0 Å². The van der Waals surface area contributed by atoms with Crippen LogP contribution in [0.4, 0.5) is 0 Å². The lowest BCUT2D eigenvalue weighted by atomic mass is 9.77. The molecule has 1 saturated heterocycles. The van der Waals surface area contributed by atoms with Gasteiger partial charge >= 0.3 is 0 Å². The minimum atomic E-state index is 0.261. The highest BCUT2D eigenvalue weighted by Crippen LogP contribution is 2.39. The lowest BCUT2D eigenvalue weighted by molar-refractivity contribution is 0.290. The predicted molar refractivity (Wildman–Crippen MR) is 76.1 cm³/mol. The van der Waals surface area contributed by atoms with Gasteiger partial charge in [-0.1, -0.05) is 13.3 Å². The van der Waals surface area contributed by atoms with E-state index in [2.05, 4.69) is 23.3 Å². The molecule has 3 heterocycles. The largest absolute Gasteiger partial charge is 0.316 e. The summed E-state index contributed by atoms with van der Waals surface area (Å²) in [4.78, 5) is 9.01. The van der Waals surface area contributed by atoms with E-state index < -0.39 is 0 Å². The molecular weight excluding hydrogens is 242 g/mol. The number of pyridine rings is 1. The number of nitrogens with one attached hydrogen (secondary N) is 1. The van der Waals surface area contributed by atoms with Gasteiger partial charge in [0.25, 0.3) is 0 Å². The molecule has 1 aliphatic rings. The fraction of sp³-hybridized carbons (Fsp3) is 0.571. The molecule has 0 aliphatic carbocycles. The van der Waals surface area contributed by atoms with Gasteiger partial charge in [0.2, 0.25) is 0 Å².